The van der Waals surface area contributed by atoms with Crippen molar-refractivity contribution in [2.45, 2.75) is 57.8 Å². The standard InChI is InChI=1S/C9H18FN/c1-7(2)11-9-6-4-3-5-8(9)10/h7-9,11H,3-6H2,1-2H3/t8-,9+/m1/s1. The van der Waals surface area contributed by atoms with E-state index in [1.54, 1.807) is 0 Å². The van der Waals surface area contributed by atoms with E-state index in [0.29, 0.717) is 6.04 Å². The molecule has 0 aliphatic heterocycles. The molecule has 0 aromatic carbocycles. The van der Waals surface area contributed by atoms with Crippen LogP contribution < -0.4 is 5.32 Å². The van der Waals surface area contributed by atoms with Crippen molar-refractivity contribution in [2.75, 3.05) is 0 Å². The molecule has 1 fully saturated rings. The van der Waals surface area contributed by atoms with Crippen molar-refractivity contribution in [3.8, 4) is 0 Å². The highest BCUT2D eigenvalue weighted by Gasteiger charge is 2.24. The lowest BCUT2D eigenvalue weighted by Crippen LogP contribution is -2.43. The molecule has 0 bridgehead atoms. The molecule has 0 aromatic heterocycles. The largest absolute Gasteiger partial charge is 0.309 e. The quantitative estimate of drug-likeness (QED) is 0.651. The van der Waals surface area contributed by atoms with E-state index in [1.165, 1.54) is 6.42 Å². The van der Waals surface area contributed by atoms with E-state index >= 15 is 0 Å². The molecule has 0 spiro atoms. The van der Waals surface area contributed by atoms with E-state index in [9.17, 15) is 4.39 Å². The van der Waals surface area contributed by atoms with Gasteiger partial charge < -0.3 is 5.32 Å². The van der Waals surface area contributed by atoms with E-state index in [4.69, 9.17) is 0 Å². The highest BCUT2D eigenvalue weighted by molar-refractivity contribution is 4.81. The zero-order valence-electron chi connectivity index (χ0n) is 7.44. The maximum Gasteiger partial charge on any atom is 0.115 e. The molecule has 2 atom stereocenters. The summed E-state index contributed by atoms with van der Waals surface area (Å²) in [4.78, 5) is 0. The van der Waals surface area contributed by atoms with Gasteiger partial charge in [0.1, 0.15) is 6.17 Å². The Bertz CT molecular complexity index is 114. The first kappa shape index (κ1) is 8.98. The van der Waals surface area contributed by atoms with Crippen LogP contribution in [0, 0.1) is 0 Å². The summed E-state index contributed by atoms with van der Waals surface area (Å²) in [6, 6.07) is 0.542. The van der Waals surface area contributed by atoms with E-state index in [1.807, 2.05) is 0 Å². The van der Waals surface area contributed by atoms with E-state index < -0.39 is 6.17 Å². The van der Waals surface area contributed by atoms with Crippen LogP contribution in [0.15, 0.2) is 0 Å². The molecule has 1 nitrogen and oxygen atoms in total. The fourth-order valence-corrected chi connectivity index (χ4v) is 1.70. The molecular formula is C9H18FN. The Morgan fingerprint density at radius 3 is 2.45 bits per heavy atom. The first-order valence-corrected chi connectivity index (χ1v) is 4.60. The monoisotopic (exact) mass is 159 g/mol. The Hall–Kier alpha value is -0.110. The number of hydrogen-bond acceptors (Lipinski definition) is 1. The Balaban J connectivity index is 2.29. The third-order valence-electron chi connectivity index (χ3n) is 2.23. The van der Waals surface area contributed by atoms with Gasteiger partial charge in [-0.05, 0) is 12.8 Å². The van der Waals surface area contributed by atoms with Crippen LogP contribution in [0.1, 0.15) is 39.5 Å². The van der Waals surface area contributed by atoms with Gasteiger partial charge in [-0.2, -0.15) is 0 Å². The molecule has 0 amide bonds. The van der Waals surface area contributed by atoms with Gasteiger partial charge in [-0.1, -0.05) is 26.7 Å². The fraction of sp³-hybridized carbons (Fsp3) is 1.00. The van der Waals surface area contributed by atoms with Crippen LogP contribution >= 0.6 is 0 Å². The minimum atomic E-state index is -0.605. The van der Waals surface area contributed by atoms with Crippen LogP contribution in [0.25, 0.3) is 0 Å². The molecule has 2 heteroatoms. The van der Waals surface area contributed by atoms with Gasteiger partial charge in [0.25, 0.3) is 0 Å². The number of alkyl halides is 1. The molecule has 0 saturated heterocycles. The molecular weight excluding hydrogens is 141 g/mol. The summed E-state index contributed by atoms with van der Waals surface area (Å²) in [6.45, 7) is 4.14. The normalized spacial score (nSPS) is 32.7. The second-order valence-electron chi connectivity index (χ2n) is 3.73. The summed E-state index contributed by atoms with van der Waals surface area (Å²) in [6.07, 6.45) is 3.41. The highest BCUT2D eigenvalue weighted by Crippen LogP contribution is 2.21. The number of rotatable bonds is 2. The van der Waals surface area contributed by atoms with Crippen molar-refractivity contribution in [2.24, 2.45) is 0 Å². The Morgan fingerprint density at radius 2 is 1.91 bits per heavy atom. The molecule has 66 valence electrons. The maximum atomic E-state index is 13.1. The van der Waals surface area contributed by atoms with Gasteiger partial charge in [0.05, 0.1) is 0 Å². The van der Waals surface area contributed by atoms with Crippen molar-refractivity contribution in [3.05, 3.63) is 0 Å². The molecule has 11 heavy (non-hydrogen) atoms. The maximum absolute atomic E-state index is 13.1. The predicted octanol–water partition coefficient (Wildman–Crippen LogP) is 2.27. The molecule has 0 heterocycles. The fourth-order valence-electron chi connectivity index (χ4n) is 1.70. The first-order valence-electron chi connectivity index (χ1n) is 4.60. The van der Waals surface area contributed by atoms with Gasteiger partial charge in [-0.25, -0.2) is 4.39 Å². The summed E-state index contributed by atoms with van der Waals surface area (Å²) >= 11 is 0. The number of hydrogen-bond donors (Lipinski definition) is 1. The molecule has 0 aromatic rings. The van der Waals surface area contributed by atoms with Gasteiger partial charge in [-0.3, -0.25) is 0 Å². The van der Waals surface area contributed by atoms with Crippen LogP contribution in [0.5, 0.6) is 0 Å². The Labute approximate surface area is 68.4 Å². The summed E-state index contributed by atoms with van der Waals surface area (Å²) < 4.78 is 13.1. The van der Waals surface area contributed by atoms with Gasteiger partial charge in [0.15, 0.2) is 0 Å². The van der Waals surface area contributed by atoms with Gasteiger partial charge in [-0.15, -0.1) is 0 Å². The van der Waals surface area contributed by atoms with Crippen molar-refractivity contribution in [1.82, 2.24) is 5.32 Å². The minimum absolute atomic E-state index is 0.128. The summed E-state index contributed by atoms with van der Waals surface area (Å²) in [5.74, 6) is 0. The summed E-state index contributed by atoms with van der Waals surface area (Å²) in [5, 5.41) is 3.26. The molecule has 0 unspecified atom stereocenters. The SMILES string of the molecule is CC(C)N[C@H]1CCCC[C@H]1F. The average molecular weight is 159 g/mol. The molecule has 1 aliphatic carbocycles. The van der Waals surface area contributed by atoms with Crippen LogP contribution in [0.3, 0.4) is 0 Å². The number of nitrogens with one attached hydrogen (secondary N) is 1. The van der Waals surface area contributed by atoms with Crippen molar-refractivity contribution < 1.29 is 4.39 Å². The third-order valence-corrected chi connectivity index (χ3v) is 2.23. The van der Waals surface area contributed by atoms with Crippen molar-refractivity contribution in [1.29, 1.82) is 0 Å². The third kappa shape index (κ3) is 2.78. The van der Waals surface area contributed by atoms with Crippen LogP contribution in [-0.2, 0) is 0 Å². The Kier molecular flexibility index (Phi) is 3.31. The van der Waals surface area contributed by atoms with Gasteiger partial charge >= 0.3 is 0 Å². The summed E-state index contributed by atoms with van der Waals surface area (Å²) in [7, 11) is 0. The van der Waals surface area contributed by atoms with E-state index in [0.717, 1.165) is 19.3 Å². The molecule has 1 rings (SSSR count). The molecule has 1 saturated carbocycles. The predicted molar refractivity (Wildman–Crippen MR) is 45.4 cm³/mol. The molecule has 0 radical (unpaired) electrons. The average Bonchev–Trinajstić information content (AvgIpc) is 1.93. The second-order valence-corrected chi connectivity index (χ2v) is 3.73. The van der Waals surface area contributed by atoms with E-state index in [2.05, 4.69) is 19.2 Å². The topological polar surface area (TPSA) is 12.0 Å². The lowest BCUT2D eigenvalue weighted by Gasteiger charge is -2.28. The number of halogens is 1. The van der Waals surface area contributed by atoms with Gasteiger partial charge in [0, 0.05) is 12.1 Å². The lowest BCUT2D eigenvalue weighted by atomic mass is 9.93. The molecule has 1 N–H and O–H groups in total. The lowest BCUT2D eigenvalue weighted by molar-refractivity contribution is 0.182. The zero-order valence-corrected chi connectivity index (χ0v) is 7.44. The van der Waals surface area contributed by atoms with Crippen molar-refractivity contribution in [3.63, 3.8) is 0 Å². The first-order chi connectivity index (χ1) is 5.20. The second kappa shape index (κ2) is 4.05. The Morgan fingerprint density at radius 1 is 1.27 bits per heavy atom. The van der Waals surface area contributed by atoms with Crippen LogP contribution in [-0.4, -0.2) is 18.3 Å². The molecule has 1 aliphatic rings. The van der Waals surface area contributed by atoms with Crippen molar-refractivity contribution >= 4 is 0 Å². The van der Waals surface area contributed by atoms with Crippen LogP contribution in [0.4, 0.5) is 4.39 Å². The highest BCUT2D eigenvalue weighted by atomic mass is 19.1. The summed E-state index contributed by atoms with van der Waals surface area (Å²) in [5.41, 5.74) is 0. The minimum Gasteiger partial charge on any atom is -0.309 e. The van der Waals surface area contributed by atoms with E-state index in [-0.39, 0.29) is 6.04 Å². The van der Waals surface area contributed by atoms with Gasteiger partial charge in [0.2, 0.25) is 0 Å². The smallest absolute Gasteiger partial charge is 0.115 e. The van der Waals surface area contributed by atoms with Crippen LogP contribution in [0.2, 0.25) is 0 Å². The zero-order chi connectivity index (χ0) is 8.27.